The normalized spacial score (nSPS) is 10.8. The van der Waals surface area contributed by atoms with Gasteiger partial charge in [0.2, 0.25) is 0 Å². The number of esters is 1. The van der Waals surface area contributed by atoms with Crippen molar-refractivity contribution in [3.8, 4) is 0 Å². The summed E-state index contributed by atoms with van der Waals surface area (Å²) in [7, 11) is 0. The second kappa shape index (κ2) is 6.61. The molecule has 2 N–H and O–H groups in total. The molecule has 1 heterocycles. The molecule has 96 valence electrons. The van der Waals surface area contributed by atoms with E-state index in [4.69, 9.17) is 15.2 Å². The lowest BCUT2D eigenvalue weighted by Crippen LogP contribution is -2.12. The van der Waals surface area contributed by atoms with E-state index in [2.05, 4.69) is 13.8 Å². The van der Waals surface area contributed by atoms with Gasteiger partial charge in [0.05, 0.1) is 6.61 Å². The summed E-state index contributed by atoms with van der Waals surface area (Å²) in [4.78, 5) is 13.1. The number of anilines is 1. The standard InChI is InChI=1S/C12H19NO3S/c1-8(2)7-15-4-5-16-12(14)11-6-10(13)9(3)17-11/h6,8H,4-5,7,13H2,1-3H3. The van der Waals surface area contributed by atoms with E-state index in [1.165, 1.54) is 11.3 Å². The molecule has 4 nitrogen and oxygen atoms in total. The molecule has 1 aromatic heterocycles. The maximum atomic E-state index is 11.6. The lowest BCUT2D eigenvalue weighted by Gasteiger charge is -2.06. The first-order valence-electron chi connectivity index (χ1n) is 5.61. The van der Waals surface area contributed by atoms with Crippen LogP contribution < -0.4 is 5.73 Å². The summed E-state index contributed by atoms with van der Waals surface area (Å²) >= 11 is 1.35. The van der Waals surface area contributed by atoms with Crippen LogP contribution in [0.2, 0.25) is 0 Å². The van der Waals surface area contributed by atoms with Crippen LogP contribution in [-0.4, -0.2) is 25.8 Å². The van der Waals surface area contributed by atoms with E-state index in [1.807, 2.05) is 6.92 Å². The van der Waals surface area contributed by atoms with Crippen molar-refractivity contribution >= 4 is 23.0 Å². The van der Waals surface area contributed by atoms with Gasteiger partial charge >= 0.3 is 5.97 Å². The average molecular weight is 257 g/mol. The van der Waals surface area contributed by atoms with Crippen molar-refractivity contribution in [1.29, 1.82) is 0 Å². The summed E-state index contributed by atoms with van der Waals surface area (Å²) in [5.41, 5.74) is 6.30. The van der Waals surface area contributed by atoms with Crippen LogP contribution in [0.5, 0.6) is 0 Å². The minimum atomic E-state index is -0.331. The van der Waals surface area contributed by atoms with Gasteiger partial charge in [-0.05, 0) is 18.9 Å². The van der Waals surface area contributed by atoms with Crippen molar-refractivity contribution in [2.75, 3.05) is 25.6 Å². The second-order valence-corrected chi connectivity index (χ2v) is 5.48. The Labute approximate surface area is 106 Å². The molecular formula is C12H19NO3S. The fourth-order valence-electron chi connectivity index (χ4n) is 1.18. The Balaban J connectivity index is 2.26. The minimum Gasteiger partial charge on any atom is -0.459 e. The fourth-order valence-corrected chi connectivity index (χ4v) is 2.02. The Morgan fingerprint density at radius 3 is 2.71 bits per heavy atom. The van der Waals surface area contributed by atoms with Gasteiger partial charge in [-0.15, -0.1) is 11.3 Å². The van der Waals surface area contributed by atoms with Gasteiger partial charge in [0.15, 0.2) is 0 Å². The zero-order valence-electron chi connectivity index (χ0n) is 10.5. The van der Waals surface area contributed by atoms with Gasteiger partial charge in [-0.3, -0.25) is 0 Å². The van der Waals surface area contributed by atoms with E-state index >= 15 is 0 Å². The molecule has 0 bridgehead atoms. The molecule has 0 aromatic carbocycles. The van der Waals surface area contributed by atoms with Crippen LogP contribution in [0.1, 0.15) is 28.4 Å². The molecule has 0 saturated heterocycles. The van der Waals surface area contributed by atoms with Gasteiger partial charge in [-0.1, -0.05) is 13.8 Å². The van der Waals surface area contributed by atoms with Crippen LogP contribution >= 0.6 is 11.3 Å². The summed E-state index contributed by atoms with van der Waals surface area (Å²) in [5.74, 6) is 0.161. The third-order valence-corrected chi connectivity index (χ3v) is 3.12. The van der Waals surface area contributed by atoms with Crippen LogP contribution in [0.4, 0.5) is 5.69 Å². The van der Waals surface area contributed by atoms with E-state index in [0.29, 0.717) is 29.7 Å². The van der Waals surface area contributed by atoms with Crippen LogP contribution in [0.3, 0.4) is 0 Å². The molecule has 0 spiro atoms. The average Bonchev–Trinajstić information content (AvgIpc) is 2.58. The van der Waals surface area contributed by atoms with Crippen molar-refractivity contribution in [3.63, 3.8) is 0 Å². The lowest BCUT2D eigenvalue weighted by atomic mass is 10.2. The number of carbonyl (C=O) groups excluding carboxylic acids is 1. The molecule has 1 aromatic rings. The first-order chi connectivity index (χ1) is 8.00. The molecule has 0 atom stereocenters. The SMILES string of the molecule is Cc1sc(C(=O)OCCOCC(C)C)cc1N. The largest absolute Gasteiger partial charge is 0.459 e. The summed E-state index contributed by atoms with van der Waals surface area (Å²) in [6.07, 6.45) is 0. The van der Waals surface area contributed by atoms with E-state index in [0.717, 1.165) is 4.88 Å². The molecule has 0 saturated carbocycles. The third-order valence-electron chi connectivity index (χ3n) is 2.07. The highest BCUT2D eigenvalue weighted by molar-refractivity contribution is 7.14. The van der Waals surface area contributed by atoms with Gasteiger partial charge in [0.1, 0.15) is 11.5 Å². The smallest absolute Gasteiger partial charge is 0.348 e. The molecule has 0 amide bonds. The van der Waals surface area contributed by atoms with Crippen molar-refractivity contribution < 1.29 is 14.3 Å². The number of carbonyl (C=O) groups is 1. The minimum absolute atomic E-state index is 0.280. The highest BCUT2D eigenvalue weighted by atomic mass is 32.1. The number of nitrogen functional groups attached to an aromatic ring is 1. The van der Waals surface area contributed by atoms with Crippen molar-refractivity contribution in [2.24, 2.45) is 5.92 Å². The molecule has 1 rings (SSSR count). The van der Waals surface area contributed by atoms with E-state index in [-0.39, 0.29) is 12.6 Å². The number of hydrogen-bond donors (Lipinski definition) is 1. The number of ether oxygens (including phenoxy) is 2. The van der Waals surface area contributed by atoms with Crippen LogP contribution in [0, 0.1) is 12.8 Å². The van der Waals surface area contributed by atoms with Gasteiger partial charge in [0, 0.05) is 17.2 Å². The summed E-state index contributed by atoms with van der Waals surface area (Å²) in [5, 5.41) is 0. The maximum Gasteiger partial charge on any atom is 0.348 e. The van der Waals surface area contributed by atoms with E-state index in [9.17, 15) is 4.79 Å². The summed E-state index contributed by atoms with van der Waals surface area (Å²) in [6, 6.07) is 1.65. The Bertz CT molecular complexity index is 354. The third kappa shape index (κ3) is 4.75. The highest BCUT2D eigenvalue weighted by Gasteiger charge is 2.11. The molecular weight excluding hydrogens is 238 g/mol. The van der Waals surface area contributed by atoms with Crippen LogP contribution in [0.15, 0.2) is 6.07 Å². The van der Waals surface area contributed by atoms with Gasteiger partial charge in [-0.25, -0.2) is 4.79 Å². The quantitative estimate of drug-likeness (QED) is 0.628. The summed E-state index contributed by atoms with van der Waals surface area (Å²) < 4.78 is 10.4. The molecule has 0 aliphatic heterocycles. The van der Waals surface area contributed by atoms with Gasteiger partial charge in [0.25, 0.3) is 0 Å². The molecule has 0 aliphatic rings. The predicted molar refractivity (Wildman–Crippen MR) is 69.4 cm³/mol. The molecule has 0 fully saturated rings. The molecule has 5 heteroatoms. The van der Waals surface area contributed by atoms with Crippen molar-refractivity contribution in [1.82, 2.24) is 0 Å². The maximum absolute atomic E-state index is 11.6. The molecule has 0 unspecified atom stereocenters. The first-order valence-corrected chi connectivity index (χ1v) is 6.43. The van der Waals surface area contributed by atoms with Gasteiger partial charge < -0.3 is 15.2 Å². The van der Waals surface area contributed by atoms with E-state index < -0.39 is 0 Å². The first kappa shape index (κ1) is 14.0. The number of hydrogen-bond acceptors (Lipinski definition) is 5. The predicted octanol–water partition coefficient (Wildman–Crippen LogP) is 2.47. The number of rotatable bonds is 6. The molecule has 17 heavy (non-hydrogen) atoms. The van der Waals surface area contributed by atoms with E-state index in [1.54, 1.807) is 6.07 Å². The van der Waals surface area contributed by atoms with Crippen LogP contribution in [0.25, 0.3) is 0 Å². The number of aryl methyl sites for hydroxylation is 1. The zero-order chi connectivity index (χ0) is 12.8. The number of thiophene rings is 1. The molecule has 0 aliphatic carbocycles. The van der Waals surface area contributed by atoms with Crippen molar-refractivity contribution in [2.45, 2.75) is 20.8 Å². The summed E-state index contributed by atoms with van der Waals surface area (Å²) in [6.45, 7) is 7.42. The fraction of sp³-hybridized carbons (Fsp3) is 0.583. The Morgan fingerprint density at radius 1 is 1.47 bits per heavy atom. The van der Waals surface area contributed by atoms with Crippen molar-refractivity contribution in [3.05, 3.63) is 15.8 Å². The number of nitrogens with two attached hydrogens (primary N) is 1. The Kier molecular flexibility index (Phi) is 5.44. The van der Waals surface area contributed by atoms with Gasteiger partial charge in [-0.2, -0.15) is 0 Å². The lowest BCUT2D eigenvalue weighted by molar-refractivity contribution is 0.0282. The highest BCUT2D eigenvalue weighted by Crippen LogP contribution is 2.23. The monoisotopic (exact) mass is 257 g/mol. The Hall–Kier alpha value is -1.07. The zero-order valence-corrected chi connectivity index (χ0v) is 11.3. The Morgan fingerprint density at radius 2 is 2.18 bits per heavy atom. The molecule has 0 radical (unpaired) electrons. The second-order valence-electron chi connectivity index (χ2n) is 4.23. The topological polar surface area (TPSA) is 61.5 Å². The van der Waals surface area contributed by atoms with Crippen LogP contribution in [-0.2, 0) is 9.47 Å².